The van der Waals surface area contributed by atoms with E-state index < -0.39 is 0 Å². The molecule has 134 valence electrons. The summed E-state index contributed by atoms with van der Waals surface area (Å²) < 4.78 is 5.87. The Morgan fingerprint density at radius 2 is 2.08 bits per heavy atom. The Morgan fingerprint density at radius 1 is 1.33 bits per heavy atom. The van der Waals surface area contributed by atoms with Crippen LogP contribution in [0, 0.1) is 5.41 Å². The first kappa shape index (κ1) is 17.3. The van der Waals surface area contributed by atoms with Gasteiger partial charge in [0.05, 0.1) is 6.20 Å². The van der Waals surface area contributed by atoms with Crippen LogP contribution in [0.4, 0.5) is 0 Å². The molecule has 1 aliphatic heterocycles. The minimum atomic E-state index is -0.0106. The fourth-order valence-electron chi connectivity index (χ4n) is 3.95. The highest BCUT2D eigenvalue weighted by atomic mass is 16.4. The van der Waals surface area contributed by atoms with Crippen LogP contribution in [0.1, 0.15) is 71.5 Å². The average molecular weight is 332 g/mol. The lowest BCUT2D eigenvalue weighted by Gasteiger charge is -2.25. The number of aromatic nitrogens is 1. The molecule has 3 rings (SSSR count). The number of likely N-dealkylation sites (tertiary alicyclic amines) is 1. The number of hydrogen-bond donors (Lipinski definition) is 1. The maximum Gasteiger partial charge on any atom is 0.216 e. The van der Waals surface area contributed by atoms with Crippen LogP contribution < -0.4 is 5.32 Å². The Kier molecular flexibility index (Phi) is 4.88. The fraction of sp³-hybridized carbons (Fsp3) is 0.789. The molecule has 0 amide bonds. The van der Waals surface area contributed by atoms with Gasteiger partial charge in [0.2, 0.25) is 5.89 Å². The summed E-state index contributed by atoms with van der Waals surface area (Å²) in [5, 5.41) is 3.44. The van der Waals surface area contributed by atoms with Crippen LogP contribution in [-0.4, -0.2) is 35.5 Å². The first-order chi connectivity index (χ1) is 11.4. The first-order valence-electron chi connectivity index (χ1n) is 9.40. The van der Waals surface area contributed by atoms with Crippen LogP contribution in [0.5, 0.6) is 0 Å². The van der Waals surface area contributed by atoms with Gasteiger partial charge in [-0.3, -0.25) is 0 Å². The molecule has 2 aliphatic rings. The predicted molar refractivity (Wildman–Crippen MR) is 97.1 cm³/mol. The number of hydrogen-bond acceptors (Lipinski definition) is 3. The van der Waals surface area contributed by atoms with Gasteiger partial charge < -0.3 is 14.6 Å². The predicted octanol–water partition coefficient (Wildman–Crippen LogP) is 3.70. The summed E-state index contributed by atoms with van der Waals surface area (Å²) in [6.07, 6.45) is 8.71. The van der Waals surface area contributed by atoms with E-state index in [0.717, 1.165) is 31.4 Å². The maximum atomic E-state index is 5.87. The second-order valence-corrected chi connectivity index (χ2v) is 8.42. The van der Waals surface area contributed by atoms with Gasteiger partial charge in [-0.05, 0) is 31.6 Å². The third-order valence-corrected chi connectivity index (χ3v) is 5.39. The SMILES string of the molecule is CCNC(=NCc1ncc(C(C)(C)C)o1)N1CCC2(CCCC2)C1. The minimum Gasteiger partial charge on any atom is -0.443 e. The lowest BCUT2D eigenvalue weighted by atomic mass is 9.86. The van der Waals surface area contributed by atoms with Crippen LogP contribution in [0.2, 0.25) is 0 Å². The Hall–Kier alpha value is -1.52. The normalized spacial score (nSPS) is 21.0. The van der Waals surface area contributed by atoms with Gasteiger partial charge in [0, 0.05) is 25.0 Å². The van der Waals surface area contributed by atoms with Crippen LogP contribution in [0.3, 0.4) is 0 Å². The molecule has 1 aromatic heterocycles. The maximum absolute atomic E-state index is 5.87. The van der Waals surface area contributed by atoms with E-state index in [1.807, 2.05) is 6.20 Å². The molecule has 1 saturated carbocycles. The average Bonchev–Trinajstić information content (AvgIpc) is 3.25. The van der Waals surface area contributed by atoms with Gasteiger partial charge in [-0.2, -0.15) is 0 Å². The Morgan fingerprint density at radius 3 is 2.71 bits per heavy atom. The number of guanidine groups is 1. The van der Waals surface area contributed by atoms with Crippen molar-refractivity contribution in [3.05, 3.63) is 17.8 Å². The van der Waals surface area contributed by atoms with E-state index in [2.05, 4.69) is 42.9 Å². The van der Waals surface area contributed by atoms with E-state index in [1.54, 1.807) is 0 Å². The molecular formula is C19H32N4O. The Labute approximate surface area is 145 Å². The van der Waals surface area contributed by atoms with Gasteiger partial charge in [-0.25, -0.2) is 9.98 Å². The summed E-state index contributed by atoms with van der Waals surface area (Å²) in [5.74, 6) is 2.63. The zero-order chi connectivity index (χ0) is 17.2. The first-order valence-corrected chi connectivity index (χ1v) is 9.40. The lowest BCUT2D eigenvalue weighted by molar-refractivity contribution is 0.309. The van der Waals surface area contributed by atoms with Crippen molar-refractivity contribution in [3.63, 3.8) is 0 Å². The van der Waals surface area contributed by atoms with E-state index in [0.29, 0.717) is 17.9 Å². The lowest BCUT2D eigenvalue weighted by Crippen LogP contribution is -2.41. The monoisotopic (exact) mass is 332 g/mol. The van der Waals surface area contributed by atoms with Crippen molar-refractivity contribution in [3.8, 4) is 0 Å². The topological polar surface area (TPSA) is 53.7 Å². The molecule has 1 saturated heterocycles. The van der Waals surface area contributed by atoms with Crippen LogP contribution >= 0.6 is 0 Å². The second-order valence-electron chi connectivity index (χ2n) is 8.42. The van der Waals surface area contributed by atoms with E-state index in [4.69, 9.17) is 9.41 Å². The van der Waals surface area contributed by atoms with E-state index in [-0.39, 0.29) is 5.41 Å². The van der Waals surface area contributed by atoms with Crippen molar-refractivity contribution in [1.29, 1.82) is 0 Å². The van der Waals surface area contributed by atoms with E-state index in [1.165, 1.54) is 32.1 Å². The molecule has 1 aliphatic carbocycles. The molecule has 0 bridgehead atoms. The summed E-state index contributed by atoms with van der Waals surface area (Å²) in [6, 6.07) is 0. The Balaban J connectivity index is 1.67. The number of oxazole rings is 1. The van der Waals surface area contributed by atoms with Gasteiger partial charge >= 0.3 is 0 Å². The summed E-state index contributed by atoms with van der Waals surface area (Å²) >= 11 is 0. The van der Waals surface area contributed by atoms with Gasteiger partial charge in [0.1, 0.15) is 12.3 Å². The van der Waals surface area contributed by atoms with Crippen molar-refractivity contribution in [2.75, 3.05) is 19.6 Å². The zero-order valence-electron chi connectivity index (χ0n) is 15.7. The number of rotatable bonds is 3. The molecule has 2 fully saturated rings. The highest BCUT2D eigenvalue weighted by molar-refractivity contribution is 5.80. The fourth-order valence-corrected chi connectivity index (χ4v) is 3.95. The molecule has 0 aromatic carbocycles. The summed E-state index contributed by atoms with van der Waals surface area (Å²) in [4.78, 5) is 11.6. The van der Waals surface area contributed by atoms with E-state index in [9.17, 15) is 0 Å². The molecule has 0 radical (unpaired) electrons. The molecule has 1 spiro atoms. The molecule has 0 unspecified atom stereocenters. The molecule has 5 nitrogen and oxygen atoms in total. The molecule has 0 atom stereocenters. The van der Waals surface area contributed by atoms with Crippen molar-refractivity contribution < 1.29 is 4.42 Å². The third kappa shape index (κ3) is 3.76. The zero-order valence-corrected chi connectivity index (χ0v) is 15.7. The molecule has 2 heterocycles. The van der Waals surface area contributed by atoms with Crippen molar-refractivity contribution >= 4 is 5.96 Å². The smallest absolute Gasteiger partial charge is 0.216 e. The van der Waals surface area contributed by atoms with Crippen molar-refractivity contribution in [2.45, 2.75) is 71.8 Å². The largest absolute Gasteiger partial charge is 0.443 e. The van der Waals surface area contributed by atoms with Gasteiger partial charge in [0.15, 0.2) is 5.96 Å². The number of aliphatic imine (C=N–C) groups is 1. The highest BCUT2D eigenvalue weighted by Gasteiger charge is 2.41. The summed E-state index contributed by atoms with van der Waals surface area (Å²) in [7, 11) is 0. The van der Waals surface area contributed by atoms with Crippen LogP contribution in [0.25, 0.3) is 0 Å². The third-order valence-electron chi connectivity index (χ3n) is 5.39. The second kappa shape index (κ2) is 6.77. The number of nitrogens with zero attached hydrogens (tertiary/aromatic N) is 3. The van der Waals surface area contributed by atoms with Gasteiger partial charge in [0.25, 0.3) is 0 Å². The van der Waals surface area contributed by atoms with Crippen molar-refractivity contribution in [2.24, 2.45) is 10.4 Å². The van der Waals surface area contributed by atoms with Gasteiger partial charge in [-0.15, -0.1) is 0 Å². The number of nitrogens with one attached hydrogen (secondary N) is 1. The Bertz CT molecular complexity index is 578. The van der Waals surface area contributed by atoms with Crippen LogP contribution in [0.15, 0.2) is 15.6 Å². The van der Waals surface area contributed by atoms with Crippen molar-refractivity contribution in [1.82, 2.24) is 15.2 Å². The molecule has 24 heavy (non-hydrogen) atoms. The molecule has 5 heteroatoms. The van der Waals surface area contributed by atoms with E-state index >= 15 is 0 Å². The molecule has 1 aromatic rings. The summed E-state index contributed by atoms with van der Waals surface area (Å²) in [5.41, 5.74) is 0.543. The quantitative estimate of drug-likeness (QED) is 0.677. The van der Waals surface area contributed by atoms with Crippen LogP contribution in [-0.2, 0) is 12.0 Å². The summed E-state index contributed by atoms with van der Waals surface area (Å²) in [6.45, 7) is 12.2. The standard InChI is InChI=1S/C19H32N4O/c1-5-20-17(23-11-10-19(14-23)8-6-7-9-19)22-13-16-21-12-15(24-16)18(2,3)4/h12H,5-11,13-14H2,1-4H3,(H,20,22). The highest BCUT2D eigenvalue weighted by Crippen LogP contribution is 2.45. The molecular weight excluding hydrogens is 300 g/mol. The minimum absolute atomic E-state index is 0.0106. The molecule has 1 N–H and O–H groups in total. The van der Waals surface area contributed by atoms with Gasteiger partial charge in [-0.1, -0.05) is 33.6 Å².